The first-order valence-corrected chi connectivity index (χ1v) is 11.3. The van der Waals surface area contributed by atoms with Crippen LogP contribution in [0.25, 0.3) is 11.3 Å². The second kappa shape index (κ2) is 9.93. The predicted octanol–water partition coefficient (Wildman–Crippen LogP) is 3.43. The van der Waals surface area contributed by atoms with Crippen LogP contribution in [0.15, 0.2) is 53.9 Å². The molecule has 3 aromatic rings. The monoisotopic (exact) mass is 451 g/mol. The highest BCUT2D eigenvalue weighted by Gasteiger charge is 2.33. The number of ether oxygens (including phenoxy) is 2. The first-order chi connectivity index (χ1) is 15.5. The number of thiazole rings is 1. The second-order valence-corrected chi connectivity index (χ2v) is 8.44. The summed E-state index contributed by atoms with van der Waals surface area (Å²) in [7, 11) is 1.67. The SMILES string of the molecule is COCCc1nc(-c2ccc3c(c2)N(CC(=O)NCc2ccccc2)C(=O)C(C)O3)cs1. The van der Waals surface area contributed by atoms with E-state index in [0.717, 1.165) is 28.2 Å². The van der Waals surface area contributed by atoms with Gasteiger partial charge in [0.1, 0.15) is 12.3 Å². The molecule has 8 heteroatoms. The van der Waals surface area contributed by atoms with Crippen LogP contribution in [0, 0.1) is 0 Å². The molecule has 0 saturated carbocycles. The van der Waals surface area contributed by atoms with Crippen LogP contribution in [0.1, 0.15) is 17.5 Å². The van der Waals surface area contributed by atoms with Gasteiger partial charge in [-0.15, -0.1) is 11.3 Å². The van der Waals surface area contributed by atoms with Gasteiger partial charge in [0.15, 0.2) is 6.10 Å². The summed E-state index contributed by atoms with van der Waals surface area (Å²) >= 11 is 1.57. The normalized spacial score (nSPS) is 15.2. The van der Waals surface area contributed by atoms with E-state index in [-0.39, 0.29) is 18.4 Å². The second-order valence-electron chi connectivity index (χ2n) is 7.50. The third kappa shape index (κ3) is 4.98. The lowest BCUT2D eigenvalue weighted by molar-refractivity contribution is -0.128. The number of anilines is 1. The van der Waals surface area contributed by atoms with Crippen molar-refractivity contribution in [3.8, 4) is 17.0 Å². The summed E-state index contributed by atoms with van der Waals surface area (Å²) < 4.78 is 10.9. The van der Waals surface area contributed by atoms with Gasteiger partial charge in [0, 0.05) is 31.0 Å². The average Bonchev–Trinajstić information content (AvgIpc) is 3.29. The Kier molecular flexibility index (Phi) is 6.82. The minimum Gasteiger partial charge on any atom is -0.479 e. The van der Waals surface area contributed by atoms with E-state index in [2.05, 4.69) is 10.3 Å². The van der Waals surface area contributed by atoms with Crippen LogP contribution in [-0.4, -0.2) is 43.2 Å². The van der Waals surface area contributed by atoms with Gasteiger partial charge in [0.2, 0.25) is 5.91 Å². The summed E-state index contributed by atoms with van der Waals surface area (Å²) in [6.07, 6.45) is 0.0917. The molecule has 2 amide bonds. The van der Waals surface area contributed by atoms with Gasteiger partial charge in [-0.25, -0.2) is 4.98 Å². The molecule has 1 aliphatic heterocycles. The quantitative estimate of drug-likeness (QED) is 0.568. The predicted molar refractivity (Wildman–Crippen MR) is 124 cm³/mol. The molecule has 0 bridgehead atoms. The topological polar surface area (TPSA) is 80.8 Å². The van der Waals surface area contributed by atoms with Crippen molar-refractivity contribution in [2.75, 3.05) is 25.2 Å². The fraction of sp³-hybridized carbons (Fsp3) is 0.292. The molecule has 1 atom stereocenters. The molecule has 2 heterocycles. The molecule has 2 aromatic carbocycles. The minimum atomic E-state index is -0.657. The van der Waals surface area contributed by atoms with E-state index < -0.39 is 6.10 Å². The number of methoxy groups -OCH3 is 1. The lowest BCUT2D eigenvalue weighted by Crippen LogP contribution is -2.48. The van der Waals surface area contributed by atoms with Gasteiger partial charge in [0.25, 0.3) is 5.91 Å². The van der Waals surface area contributed by atoms with Crippen molar-refractivity contribution in [3.05, 3.63) is 64.5 Å². The Bertz CT molecular complexity index is 1100. The molecule has 1 unspecified atom stereocenters. The number of benzene rings is 2. The molecule has 7 nitrogen and oxygen atoms in total. The van der Waals surface area contributed by atoms with Crippen molar-refractivity contribution in [1.29, 1.82) is 0 Å². The Balaban J connectivity index is 1.53. The average molecular weight is 452 g/mol. The molecule has 166 valence electrons. The maximum atomic E-state index is 12.9. The number of rotatable bonds is 8. The number of carbonyl (C=O) groups excluding carboxylic acids is 2. The van der Waals surface area contributed by atoms with E-state index in [9.17, 15) is 9.59 Å². The van der Waals surface area contributed by atoms with Gasteiger partial charge >= 0.3 is 0 Å². The summed E-state index contributed by atoms with van der Waals surface area (Å²) in [5.41, 5.74) is 3.26. The number of hydrogen-bond acceptors (Lipinski definition) is 6. The van der Waals surface area contributed by atoms with E-state index in [1.807, 2.05) is 53.9 Å². The summed E-state index contributed by atoms with van der Waals surface area (Å²) in [6.45, 7) is 2.63. The maximum absolute atomic E-state index is 12.9. The van der Waals surface area contributed by atoms with Crippen molar-refractivity contribution in [3.63, 3.8) is 0 Å². The van der Waals surface area contributed by atoms with Crippen LogP contribution in [0.2, 0.25) is 0 Å². The Morgan fingerprint density at radius 1 is 1.25 bits per heavy atom. The van der Waals surface area contributed by atoms with Gasteiger partial charge in [0.05, 0.1) is 23.0 Å². The van der Waals surface area contributed by atoms with Crippen LogP contribution in [-0.2, 0) is 27.3 Å². The fourth-order valence-electron chi connectivity index (χ4n) is 3.47. The summed E-state index contributed by atoms with van der Waals surface area (Å²) in [5, 5.41) is 5.85. The number of amides is 2. The Labute approximate surface area is 191 Å². The third-order valence-corrected chi connectivity index (χ3v) is 6.08. The molecule has 0 saturated heterocycles. The van der Waals surface area contributed by atoms with Crippen molar-refractivity contribution in [2.45, 2.75) is 26.0 Å². The first-order valence-electron chi connectivity index (χ1n) is 10.4. The van der Waals surface area contributed by atoms with Gasteiger partial charge in [-0.3, -0.25) is 14.5 Å². The molecule has 1 aliphatic rings. The third-order valence-electron chi connectivity index (χ3n) is 5.17. The fourth-order valence-corrected chi connectivity index (χ4v) is 4.26. The van der Waals surface area contributed by atoms with Crippen LogP contribution in [0.4, 0.5) is 5.69 Å². The molecular weight excluding hydrogens is 426 g/mol. The minimum absolute atomic E-state index is 0.0774. The van der Waals surface area contributed by atoms with Crippen LogP contribution >= 0.6 is 11.3 Å². The van der Waals surface area contributed by atoms with Crippen LogP contribution in [0.5, 0.6) is 5.75 Å². The van der Waals surface area contributed by atoms with Crippen molar-refractivity contribution < 1.29 is 19.1 Å². The van der Waals surface area contributed by atoms with E-state index in [1.165, 1.54) is 4.90 Å². The number of hydrogen-bond donors (Lipinski definition) is 1. The molecule has 0 fully saturated rings. The zero-order valence-electron chi connectivity index (χ0n) is 18.0. The van der Waals surface area contributed by atoms with Crippen molar-refractivity contribution in [2.24, 2.45) is 0 Å². The molecule has 1 N–H and O–H groups in total. The van der Waals surface area contributed by atoms with Gasteiger partial charge in [-0.05, 0) is 30.7 Å². The Morgan fingerprint density at radius 2 is 2.06 bits per heavy atom. The molecule has 32 heavy (non-hydrogen) atoms. The molecule has 0 radical (unpaired) electrons. The number of nitrogens with one attached hydrogen (secondary N) is 1. The van der Waals surface area contributed by atoms with Crippen molar-refractivity contribution >= 4 is 28.8 Å². The zero-order chi connectivity index (χ0) is 22.5. The van der Waals surface area contributed by atoms with Crippen LogP contribution in [0.3, 0.4) is 0 Å². The van der Waals surface area contributed by atoms with E-state index in [1.54, 1.807) is 25.4 Å². The summed E-state index contributed by atoms with van der Waals surface area (Å²) in [6, 6.07) is 15.3. The van der Waals surface area contributed by atoms with Crippen molar-refractivity contribution in [1.82, 2.24) is 10.3 Å². The first kappa shape index (κ1) is 22.0. The molecular formula is C24H25N3O4S. The van der Waals surface area contributed by atoms with E-state index in [4.69, 9.17) is 9.47 Å². The highest BCUT2D eigenvalue weighted by molar-refractivity contribution is 7.09. The highest BCUT2D eigenvalue weighted by atomic mass is 32.1. The Hall–Kier alpha value is -3.23. The lowest BCUT2D eigenvalue weighted by Gasteiger charge is -2.32. The number of aromatic nitrogens is 1. The van der Waals surface area contributed by atoms with E-state index in [0.29, 0.717) is 24.6 Å². The van der Waals surface area contributed by atoms with Crippen LogP contribution < -0.4 is 15.0 Å². The molecule has 1 aromatic heterocycles. The standard InChI is InChI=1S/C24H25N3O4S/c1-16-24(29)27(14-22(28)25-13-17-6-4-3-5-7-17)20-12-18(8-9-21(20)31-16)19-15-32-23(26-19)10-11-30-2/h3-9,12,15-16H,10-11,13-14H2,1-2H3,(H,25,28). The highest BCUT2D eigenvalue weighted by Crippen LogP contribution is 2.37. The molecule has 0 spiro atoms. The van der Waals surface area contributed by atoms with Gasteiger partial charge in [-0.1, -0.05) is 30.3 Å². The van der Waals surface area contributed by atoms with E-state index >= 15 is 0 Å². The zero-order valence-corrected chi connectivity index (χ0v) is 18.9. The molecule has 0 aliphatic carbocycles. The largest absolute Gasteiger partial charge is 0.479 e. The summed E-state index contributed by atoms with van der Waals surface area (Å²) in [5.74, 6) is 0.0956. The number of nitrogens with zero attached hydrogens (tertiary/aromatic N) is 2. The molecule has 4 rings (SSSR count). The maximum Gasteiger partial charge on any atom is 0.268 e. The Morgan fingerprint density at radius 3 is 2.84 bits per heavy atom. The number of fused-ring (bicyclic) bond motifs is 1. The number of carbonyl (C=O) groups is 2. The van der Waals surface area contributed by atoms with Gasteiger partial charge < -0.3 is 14.8 Å². The van der Waals surface area contributed by atoms with Gasteiger partial charge in [-0.2, -0.15) is 0 Å². The smallest absolute Gasteiger partial charge is 0.268 e. The lowest BCUT2D eigenvalue weighted by atomic mass is 10.1. The summed E-state index contributed by atoms with van der Waals surface area (Å²) in [4.78, 5) is 31.7.